The van der Waals surface area contributed by atoms with Gasteiger partial charge in [-0.3, -0.25) is 9.59 Å². The summed E-state index contributed by atoms with van der Waals surface area (Å²) >= 11 is 0.968. The van der Waals surface area contributed by atoms with Crippen LogP contribution in [-0.4, -0.2) is 38.1 Å². The van der Waals surface area contributed by atoms with Crippen LogP contribution < -0.4 is 10.5 Å². The topological polar surface area (TPSA) is 119 Å². The summed E-state index contributed by atoms with van der Waals surface area (Å²) in [6.45, 7) is 5.25. The Morgan fingerprint density at radius 2 is 1.91 bits per heavy atom. The lowest BCUT2D eigenvalue weighted by atomic mass is 10.1. The molecule has 1 aromatic heterocycles. The molecule has 0 radical (unpaired) electrons. The van der Waals surface area contributed by atoms with Crippen LogP contribution in [0.4, 0.5) is 5.82 Å². The lowest BCUT2D eigenvalue weighted by Crippen LogP contribution is -2.22. The van der Waals surface area contributed by atoms with Gasteiger partial charge >= 0.3 is 0 Å². The average Bonchev–Trinajstić information content (AvgIpc) is 2.83. The summed E-state index contributed by atoms with van der Waals surface area (Å²) < 4.78 is 5.99. The zero-order chi connectivity index (χ0) is 25.4. The first-order chi connectivity index (χ1) is 16.8. The van der Waals surface area contributed by atoms with E-state index < -0.39 is 0 Å². The molecule has 0 spiro atoms. The second-order valence-corrected chi connectivity index (χ2v) is 8.86. The van der Waals surface area contributed by atoms with Gasteiger partial charge < -0.3 is 20.5 Å². The molecule has 0 fully saturated rings. The molecule has 182 valence electrons. The number of aryl methyl sites for hydroxylation is 2. The maximum absolute atomic E-state index is 13.4. The number of ether oxygens (including phenoxy) is 1. The third-order valence-corrected chi connectivity index (χ3v) is 6.42. The van der Waals surface area contributed by atoms with E-state index in [4.69, 9.17) is 10.5 Å². The Labute approximate surface area is 208 Å². The van der Waals surface area contributed by atoms with Crippen molar-refractivity contribution in [2.75, 3.05) is 12.3 Å². The van der Waals surface area contributed by atoms with Gasteiger partial charge in [0.25, 0.3) is 0 Å². The standard InChI is InChI=1S/C26H28N4O4S/c1-17-8-7-11-22(34-21-9-5-4-6-10-21)24(17)26(33)35-23(12-13-31)18(2)30(16-32)15-20-14-28-19(3)29-25(20)27/h4-11,14,16,31H,12-13,15H2,1-3H3,(H2,27,28,29). The van der Waals surface area contributed by atoms with E-state index in [2.05, 4.69) is 9.97 Å². The summed E-state index contributed by atoms with van der Waals surface area (Å²) in [6, 6.07) is 14.6. The number of nitrogen functional groups attached to an aromatic ring is 1. The molecule has 1 heterocycles. The summed E-state index contributed by atoms with van der Waals surface area (Å²) in [5, 5.41) is 9.41. The zero-order valence-electron chi connectivity index (χ0n) is 19.9. The molecule has 0 bridgehead atoms. The fourth-order valence-electron chi connectivity index (χ4n) is 3.39. The predicted molar refractivity (Wildman–Crippen MR) is 137 cm³/mol. The van der Waals surface area contributed by atoms with Crippen LogP contribution >= 0.6 is 11.8 Å². The number of thioether (sulfide) groups is 1. The predicted octanol–water partition coefficient (Wildman–Crippen LogP) is 4.61. The van der Waals surface area contributed by atoms with Crippen molar-refractivity contribution < 1.29 is 19.4 Å². The Morgan fingerprint density at radius 3 is 2.57 bits per heavy atom. The number of para-hydroxylation sites is 1. The smallest absolute Gasteiger partial charge is 0.227 e. The number of aliphatic hydroxyl groups is 1. The molecule has 0 atom stereocenters. The Kier molecular flexibility index (Phi) is 8.99. The van der Waals surface area contributed by atoms with Crippen molar-refractivity contribution in [1.29, 1.82) is 0 Å². The van der Waals surface area contributed by atoms with Gasteiger partial charge in [-0.2, -0.15) is 0 Å². The minimum atomic E-state index is -0.249. The molecule has 0 aliphatic rings. The molecule has 0 saturated heterocycles. The maximum Gasteiger partial charge on any atom is 0.227 e. The van der Waals surface area contributed by atoms with E-state index >= 15 is 0 Å². The van der Waals surface area contributed by atoms with Gasteiger partial charge in [-0.25, -0.2) is 9.97 Å². The number of aliphatic hydroxyl groups excluding tert-OH is 1. The second-order valence-electron chi connectivity index (χ2n) is 7.80. The number of allylic oxidation sites excluding steroid dienone is 1. The molecule has 3 rings (SSSR count). The van der Waals surface area contributed by atoms with E-state index in [1.54, 1.807) is 26.1 Å². The molecule has 3 aromatic rings. The van der Waals surface area contributed by atoms with Crippen molar-refractivity contribution in [3.8, 4) is 11.5 Å². The number of carbonyl (C=O) groups is 2. The van der Waals surface area contributed by atoms with Crippen LogP contribution in [0.2, 0.25) is 0 Å². The Balaban J connectivity index is 1.90. The zero-order valence-corrected chi connectivity index (χ0v) is 20.7. The molecule has 1 amide bonds. The van der Waals surface area contributed by atoms with Gasteiger partial charge in [0.15, 0.2) is 0 Å². The third-order valence-electron chi connectivity index (χ3n) is 5.29. The molecule has 9 heteroatoms. The molecule has 2 aromatic carbocycles. The Bertz CT molecular complexity index is 1230. The van der Waals surface area contributed by atoms with Gasteiger partial charge in [0.1, 0.15) is 23.1 Å². The molecular weight excluding hydrogens is 464 g/mol. The SMILES string of the molecule is CC(=C(CCO)SC(=O)c1c(C)cccc1Oc1ccccc1)N(C=O)Cc1cnc(C)nc1N. The molecule has 35 heavy (non-hydrogen) atoms. The van der Waals surface area contributed by atoms with Gasteiger partial charge in [-0.05, 0) is 56.3 Å². The molecule has 0 saturated carbocycles. The lowest BCUT2D eigenvalue weighted by molar-refractivity contribution is -0.116. The van der Waals surface area contributed by atoms with Crippen LogP contribution in [-0.2, 0) is 11.3 Å². The first kappa shape index (κ1) is 25.9. The number of nitrogens with zero attached hydrogens (tertiary/aromatic N) is 3. The minimum absolute atomic E-state index is 0.137. The van der Waals surface area contributed by atoms with E-state index in [0.717, 1.165) is 17.3 Å². The highest BCUT2D eigenvalue weighted by molar-refractivity contribution is 8.17. The number of anilines is 1. The van der Waals surface area contributed by atoms with Gasteiger partial charge in [0, 0.05) is 35.4 Å². The number of amides is 1. The molecular formula is C26H28N4O4S. The Hall–Kier alpha value is -3.69. The van der Waals surface area contributed by atoms with Gasteiger partial charge in [-0.15, -0.1) is 0 Å². The average molecular weight is 493 g/mol. The lowest BCUT2D eigenvalue weighted by Gasteiger charge is -2.22. The van der Waals surface area contributed by atoms with Crippen LogP contribution in [0.5, 0.6) is 11.5 Å². The van der Waals surface area contributed by atoms with Crippen molar-refractivity contribution in [1.82, 2.24) is 14.9 Å². The number of hydrogen-bond donors (Lipinski definition) is 2. The number of carbonyl (C=O) groups excluding carboxylic acids is 2. The third kappa shape index (κ3) is 6.68. The fraction of sp³-hybridized carbons (Fsp3) is 0.231. The first-order valence-corrected chi connectivity index (χ1v) is 11.8. The number of hydrogen-bond acceptors (Lipinski definition) is 8. The van der Waals surface area contributed by atoms with E-state index in [-0.39, 0.29) is 30.5 Å². The highest BCUT2D eigenvalue weighted by Crippen LogP contribution is 2.35. The molecule has 0 unspecified atom stereocenters. The molecule has 0 aliphatic carbocycles. The number of aromatic nitrogens is 2. The number of nitrogens with two attached hydrogens (primary N) is 1. The fourth-order valence-corrected chi connectivity index (χ4v) is 4.43. The number of benzene rings is 2. The quantitative estimate of drug-likeness (QED) is 0.394. The molecule has 0 aliphatic heterocycles. The van der Waals surface area contributed by atoms with Crippen molar-refractivity contribution in [2.24, 2.45) is 0 Å². The van der Waals surface area contributed by atoms with Crippen LogP contribution in [0.1, 0.15) is 40.7 Å². The summed E-state index contributed by atoms with van der Waals surface area (Å²) in [4.78, 5) is 35.7. The summed E-state index contributed by atoms with van der Waals surface area (Å²) in [5.41, 5.74) is 8.29. The van der Waals surface area contributed by atoms with E-state index in [1.807, 2.05) is 49.4 Å². The van der Waals surface area contributed by atoms with Gasteiger partial charge in [0.05, 0.1) is 12.1 Å². The minimum Gasteiger partial charge on any atom is -0.457 e. The summed E-state index contributed by atoms with van der Waals surface area (Å²) in [6.07, 6.45) is 2.44. The van der Waals surface area contributed by atoms with Crippen molar-refractivity contribution >= 4 is 29.1 Å². The van der Waals surface area contributed by atoms with E-state index in [0.29, 0.717) is 45.5 Å². The number of rotatable bonds is 10. The van der Waals surface area contributed by atoms with Crippen molar-refractivity contribution in [3.63, 3.8) is 0 Å². The largest absolute Gasteiger partial charge is 0.457 e. The Morgan fingerprint density at radius 1 is 1.17 bits per heavy atom. The van der Waals surface area contributed by atoms with Crippen LogP contribution in [0.25, 0.3) is 0 Å². The second kappa shape index (κ2) is 12.1. The highest BCUT2D eigenvalue weighted by Gasteiger charge is 2.21. The maximum atomic E-state index is 13.4. The summed E-state index contributed by atoms with van der Waals surface area (Å²) in [5.74, 6) is 1.87. The van der Waals surface area contributed by atoms with Crippen LogP contribution in [0, 0.1) is 13.8 Å². The van der Waals surface area contributed by atoms with Gasteiger partial charge in [-0.1, -0.05) is 30.3 Å². The van der Waals surface area contributed by atoms with Crippen molar-refractivity contribution in [3.05, 3.63) is 87.8 Å². The normalized spacial score (nSPS) is 11.5. The van der Waals surface area contributed by atoms with Gasteiger partial charge in [0.2, 0.25) is 11.5 Å². The van der Waals surface area contributed by atoms with Crippen molar-refractivity contribution in [2.45, 2.75) is 33.7 Å². The molecule has 8 nitrogen and oxygen atoms in total. The van der Waals surface area contributed by atoms with Crippen LogP contribution in [0.15, 0.2) is 65.3 Å². The summed E-state index contributed by atoms with van der Waals surface area (Å²) in [7, 11) is 0. The molecule has 3 N–H and O–H groups in total. The van der Waals surface area contributed by atoms with E-state index in [1.165, 1.54) is 4.90 Å². The van der Waals surface area contributed by atoms with Crippen LogP contribution in [0.3, 0.4) is 0 Å². The first-order valence-electron chi connectivity index (χ1n) is 11.0. The highest BCUT2D eigenvalue weighted by atomic mass is 32.2. The monoisotopic (exact) mass is 492 g/mol. The van der Waals surface area contributed by atoms with E-state index in [9.17, 15) is 14.7 Å².